The molecular weight excluding hydrogens is 366 g/mol. The van der Waals surface area contributed by atoms with E-state index in [0.29, 0.717) is 11.9 Å². The van der Waals surface area contributed by atoms with E-state index < -0.39 is 0 Å². The van der Waals surface area contributed by atoms with Gasteiger partial charge in [0.05, 0.1) is 6.20 Å². The second kappa shape index (κ2) is 6.35. The second-order valence-electron chi connectivity index (χ2n) is 8.18. The minimum absolute atomic E-state index is 0.121. The first-order valence-corrected chi connectivity index (χ1v) is 10.6. The minimum Gasteiger partial charge on any atom is -0.277 e. The SMILES string of the molecule is CC[C@@H]1c2nnc(C)n2-c2cnc(-n3ccnc3C3CC3)nc2N1N1CCCC1. The van der Waals surface area contributed by atoms with Gasteiger partial charge < -0.3 is 0 Å². The van der Waals surface area contributed by atoms with E-state index in [-0.39, 0.29) is 6.04 Å². The molecule has 9 nitrogen and oxygen atoms in total. The molecule has 3 aromatic rings. The van der Waals surface area contributed by atoms with Gasteiger partial charge in [-0.1, -0.05) is 6.92 Å². The van der Waals surface area contributed by atoms with Crippen molar-refractivity contribution >= 4 is 5.82 Å². The number of fused-ring (bicyclic) bond motifs is 3. The Morgan fingerprint density at radius 1 is 1.07 bits per heavy atom. The minimum atomic E-state index is 0.121. The molecule has 0 aromatic carbocycles. The van der Waals surface area contributed by atoms with Crippen molar-refractivity contribution < 1.29 is 0 Å². The highest BCUT2D eigenvalue weighted by molar-refractivity contribution is 5.62. The lowest BCUT2D eigenvalue weighted by atomic mass is 10.1. The molecule has 1 saturated carbocycles. The van der Waals surface area contributed by atoms with Crippen molar-refractivity contribution in [3.05, 3.63) is 36.1 Å². The van der Waals surface area contributed by atoms with Crippen molar-refractivity contribution in [1.29, 1.82) is 0 Å². The van der Waals surface area contributed by atoms with Crippen LogP contribution in [0.2, 0.25) is 0 Å². The maximum Gasteiger partial charge on any atom is 0.237 e. The number of aryl methyl sites for hydroxylation is 1. The van der Waals surface area contributed by atoms with Crippen LogP contribution in [0.15, 0.2) is 18.6 Å². The van der Waals surface area contributed by atoms with Gasteiger partial charge in [-0.15, -0.1) is 10.2 Å². The molecule has 0 radical (unpaired) electrons. The van der Waals surface area contributed by atoms with Gasteiger partial charge in [-0.05, 0) is 39.0 Å². The van der Waals surface area contributed by atoms with Crippen LogP contribution < -0.4 is 5.01 Å². The highest BCUT2D eigenvalue weighted by atomic mass is 15.7. The van der Waals surface area contributed by atoms with Gasteiger partial charge in [0.1, 0.15) is 23.4 Å². The van der Waals surface area contributed by atoms with Gasteiger partial charge in [-0.2, -0.15) is 4.98 Å². The summed E-state index contributed by atoms with van der Waals surface area (Å²) in [6.45, 7) is 6.28. The number of nitrogens with zero attached hydrogens (tertiary/aromatic N) is 9. The zero-order valence-electron chi connectivity index (χ0n) is 16.9. The average molecular weight is 391 g/mol. The van der Waals surface area contributed by atoms with E-state index in [4.69, 9.17) is 9.97 Å². The molecule has 0 N–H and O–H groups in total. The molecule has 1 saturated heterocycles. The molecule has 0 amide bonds. The summed E-state index contributed by atoms with van der Waals surface area (Å²) in [4.78, 5) is 14.4. The Morgan fingerprint density at radius 2 is 1.90 bits per heavy atom. The van der Waals surface area contributed by atoms with E-state index in [0.717, 1.165) is 48.5 Å². The molecule has 150 valence electrons. The predicted molar refractivity (Wildman–Crippen MR) is 107 cm³/mol. The van der Waals surface area contributed by atoms with Crippen LogP contribution in [0.4, 0.5) is 5.82 Å². The molecule has 0 unspecified atom stereocenters. The molecule has 0 spiro atoms. The van der Waals surface area contributed by atoms with Gasteiger partial charge in [0.2, 0.25) is 5.95 Å². The smallest absolute Gasteiger partial charge is 0.237 e. The van der Waals surface area contributed by atoms with Crippen LogP contribution in [-0.2, 0) is 0 Å². The summed E-state index contributed by atoms with van der Waals surface area (Å²) in [6.07, 6.45) is 11.5. The molecular formula is C20H25N9. The molecule has 3 aliphatic rings. The number of imidazole rings is 1. The number of hydrazine groups is 1. The molecule has 2 aliphatic heterocycles. The fraction of sp³-hybridized carbons (Fsp3) is 0.550. The lowest BCUT2D eigenvalue weighted by molar-refractivity contribution is 0.255. The summed E-state index contributed by atoms with van der Waals surface area (Å²) in [6, 6.07) is 0.121. The van der Waals surface area contributed by atoms with Crippen molar-refractivity contribution in [3.8, 4) is 11.6 Å². The summed E-state index contributed by atoms with van der Waals surface area (Å²) in [5.41, 5.74) is 0.955. The lowest BCUT2D eigenvalue weighted by Gasteiger charge is -2.42. The van der Waals surface area contributed by atoms with Crippen molar-refractivity contribution in [2.45, 2.75) is 57.9 Å². The molecule has 2 fully saturated rings. The number of anilines is 1. The van der Waals surface area contributed by atoms with Gasteiger partial charge in [0.25, 0.3) is 0 Å². The van der Waals surface area contributed by atoms with Crippen molar-refractivity contribution in [1.82, 2.24) is 39.3 Å². The number of rotatable bonds is 4. The second-order valence-corrected chi connectivity index (χ2v) is 8.18. The maximum absolute atomic E-state index is 5.09. The van der Waals surface area contributed by atoms with E-state index in [1.54, 1.807) is 0 Å². The van der Waals surface area contributed by atoms with E-state index >= 15 is 0 Å². The Bertz CT molecular complexity index is 1060. The van der Waals surface area contributed by atoms with Crippen LogP contribution >= 0.6 is 0 Å². The third-order valence-electron chi connectivity index (χ3n) is 6.24. The van der Waals surface area contributed by atoms with E-state index in [1.165, 1.54) is 25.7 Å². The summed E-state index contributed by atoms with van der Waals surface area (Å²) >= 11 is 0. The molecule has 3 aromatic heterocycles. The fourth-order valence-electron chi connectivity index (χ4n) is 4.68. The van der Waals surface area contributed by atoms with Crippen molar-refractivity contribution in [2.75, 3.05) is 18.1 Å². The number of hydrogen-bond acceptors (Lipinski definition) is 7. The first-order valence-electron chi connectivity index (χ1n) is 10.6. The fourth-order valence-corrected chi connectivity index (χ4v) is 4.68. The number of hydrogen-bond donors (Lipinski definition) is 0. The van der Waals surface area contributed by atoms with Gasteiger partial charge in [0.15, 0.2) is 11.6 Å². The Morgan fingerprint density at radius 3 is 2.66 bits per heavy atom. The summed E-state index contributed by atoms with van der Waals surface area (Å²) in [5, 5.41) is 13.7. The predicted octanol–water partition coefficient (Wildman–Crippen LogP) is 2.71. The third kappa shape index (κ3) is 2.53. The zero-order valence-corrected chi connectivity index (χ0v) is 16.9. The quantitative estimate of drug-likeness (QED) is 0.676. The van der Waals surface area contributed by atoms with Crippen LogP contribution in [0.25, 0.3) is 11.6 Å². The van der Waals surface area contributed by atoms with Crippen molar-refractivity contribution in [3.63, 3.8) is 0 Å². The van der Waals surface area contributed by atoms with E-state index in [9.17, 15) is 0 Å². The number of aromatic nitrogens is 7. The topological polar surface area (TPSA) is 80.8 Å². The highest BCUT2D eigenvalue weighted by Crippen LogP contribution is 2.42. The first kappa shape index (κ1) is 17.1. The van der Waals surface area contributed by atoms with Crippen molar-refractivity contribution in [2.24, 2.45) is 0 Å². The van der Waals surface area contributed by atoms with E-state index in [1.807, 2.05) is 25.5 Å². The standard InChI is InChI=1S/C20H25N9/c1-3-15-19-25-24-13(2)28(19)16-12-22-20(27-11-8-21-17(27)14-6-7-14)23-18(16)29(15)26-9-4-5-10-26/h8,11-12,14-15H,3-7,9-10H2,1-2H3/t15-/m1/s1. The van der Waals surface area contributed by atoms with Crippen LogP contribution in [0.1, 0.15) is 68.5 Å². The molecule has 9 heteroatoms. The van der Waals surface area contributed by atoms with Crippen LogP contribution in [0, 0.1) is 6.92 Å². The van der Waals surface area contributed by atoms with Gasteiger partial charge in [-0.3, -0.25) is 14.1 Å². The normalized spacial score (nSPS) is 21.4. The molecule has 0 bridgehead atoms. The van der Waals surface area contributed by atoms with Crippen LogP contribution in [-0.4, -0.2) is 52.4 Å². The van der Waals surface area contributed by atoms with Gasteiger partial charge in [-0.25, -0.2) is 15.0 Å². The third-order valence-corrected chi connectivity index (χ3v) is 6.24. The highest BCUT2D eigenvalue weighted by Gasteiger charge is 2.39. The average Bonchev–Trinajstić information content (AvgIpc) is 3.13. The monoisotopic (exact) mass is 391 g/mol. The summed E-state index contributed by atoms with van der Waals surface area (Å²) in [7, 11) is 0. The summed E-state index contributed by atoms with van der Waals surface area (Å²) in [5.74, 6) is 5.09. The van der Waals surface area contributed by atoms with Crippen LogP contribution in [0.3, 0.4) is 0 Å². The molecule has 1 aliphatic carbocycles. The Labute approximate surface area is 169 Å². The molecule has 5 heterocycles. The Hall–Kier alpha value is -2.81. The largest absolute Gasteiger partial charge is 0.277 e. The lowest BCUT2D eigenvalue weighted by Crippen LogP contribution is -2.47. The Kier molecular flexibility index (Phi) is 3.74. The zero-order chi connectivity index (χ0) is 19.5. The Balaban J connectivity index is 1.54. The molecule has 1 atom stereocenters. The van der Waals surface area contributed by atoms with Gasteiger partial charge >= 0.3 is 0 Å². The summed E-state index contributed by atoms with van der Waals surface area (Å²) < 4.78 is 4.17. The maximum atomic E-state index is 5.09. The van der Waals surface area contributed by atoms with E-state index in [2.05, 4.69) is 41.3 Å². The molecule has 29 heavy (non-hydrogen) atoms. The molecule has 6 rings (SSSR count). The van der Waals surface area contributed by atoms with Gasteiger partial charge in [0, 0.05) is 31.4 Å². The van der Waals surface area contributed by atoms with Crippen LogP contribution in [0.5, 0.6) is 0 Å². The first-order chi connectivity index (χ1) is 14.3.